The molecule has 2 amide bonds. The number of amides is 2. The Labute approximate surface area is 179 Å². The first-order valence-corrected chi connectivity index (χ1v) is 9.91. The topological polar surface area (TPSA) is 130 Å². The van der Waals surface area contributed by atoms with Crippen LogP contribution in [0.2, 0.25) is 0 Å². The van der Waals surface area contributed by atoms with E-state index in [1.807, 2.05) is 0 Å². The number of rotatable bonds is 7. The smallest absolute Gasteiger partial charge is 0.277 e. The third-order valence-electron chi connectivity index (χ3n) is 4.01. The van der Waals surface area contributed by atoms with E-state index in [1.54, 1.807) is 12.1 Å². The third kappa shape index (κ3) is 6.12. The van der Waals surface area contributed by atoms with Crippen molar-refractivity contribution < 1.29 is 18.4 Å². The second kappa shape index (κ2) is 9.85. The summed E-state index contributed by atoms with van der Waals surface area (Å²) in [5.74, 6) is -2.13. The van der Waals surface area contributed by atoms with Crippen molar-refractivity contribution in [2.75, 3.05) is 16.8 Å². The number of carbonyl (C=O) groups excluding carboxylic acids is 2. The fraction of sp³-hybridized carbons (Fsp3) is 0.100. The molecule has 3 rings (SSSR count). The van der Waals surface area contributed by atoms with E-state index in [0.717, 1.165) is 29.5 Å². The highest BCUT2D eigenvalue weighted by Crippen LogP contribution is 2.17. The highest BCUT2D eigenvalue weighted by molar-refractivity contribution is 7.99. The summed E-state index contributed by atoms with van der Waals surface area (Å²) in [6.45, 7) is 0.222. The van der Waals surface area contributed by atoms with Crippen LogP contribution in [-0.4, -0.2) is 27.5 Å². The number of nitrogen functional groups attached to an aromatic ring is 1. The summed E-state index contributed by atoms with van der Waals surface area (Å²) in [6, 6.07) is 10.5. The number of benzene rings is 2. The molecule has 160 valence electrons. The molecule has 0 saturated carbocycles. The summed E-state index contributed by atoms with van der Waals surface area (Å²) in [5.41, 5.74) is 5.70. The van der Waals surface area contributed by atoms with E-state index in [9.17, 15) is 23.2 Å². The summed E-state index contributed by atoms with van der Waals surface area (Å²) < 4.78 is 25.9. The number of thioether (sulfide) groups is 1. The van der Waals surface area contributed by atoms with E-state index in [0.29, 0.717) is 0 Å². The number of nitrogens with zero attached hydrogens (tertiary/aromatic N) is 1. The number of anilines is 2. The molecule has 0 atom stereocenters. The number of aromatic nitrogens is 2. The maximum atomic E-state index is 13.0. The highest BCUT2D eigenvalue weighted by Gasteiger charge is 2.15. The van der Waals surface area contributed by atoms with Crippen LogP contribution in [0.4, 0.5) is 20.3 Å². The SMILES string of the molecule is Nc1nc(SCC(=O)NCc2ccc(F)cc2)[nH]c(=O)c1NC(=O)c1ccc(F)cc1. The Hall–Kier alpha value is -3.73. The Morgan fingerprint density at radius 1 is 1.03 bits per heavy atom. The number of carbonyl (C=O) groups is 2. The van der Waals surface area contributed by atoms with Crippen LogP contribution in [0.3, 0.4) is 0 Å². The van der Waals surface area contributed by atoms with Crippen molar-refractivity contribution in [3.05, 3.63) is 81.6 Å². The Morgan fingerprint density at radius 3 is 2.26 bits per heavy atom. The number of hydrogen-bond acceptors (Lipinski definition) is 6. The molecule has 0 aliphatic rings. The van der Waals surface area contributed by atoms with Gasteiger partial charge in [-0.3, -0.25) is 19.4 Å². The summed E-state index contributed by atoms with van der Waals surface area (Å²) in [5, 5.41) is 5.10. The molecule has 2 aromatic carbocycles. The highest BCUT2D eigenvalue weighted by atomic mass is 32.2. The molecular weight excluding hydrogens is 428 g/mol. The van der Waals surface area contributed by atoms with Gasteiger partial charge in [0.1, 0.15) is 17.3 Å². The van der Waals surface area contributed by atoms with Gasteiger partial charge < -0.3 is 16.4 Å². The van der Waals surface area contributed by atoms with E-state index in [-0.39, 0.29) is 46.2 Å². The van der Waals surface area contributed by atoms with Crippen molar-refractivity contribution in [3.8, 4) is 0 Å². The van der Waals surface area contributed by atoms with Gasteiger partial charge in [0.05, 0.1) is 5.75 Å². The van der Waals surface area contributed by atoms with Crippen molar-refractivity contribution in [3.63, 3.8) is 0 Å². The van der Waals surface area contributed by atoms with E-state index >= 15 is 0 Å². The minimum absolute atomic E-state index is 0.0507. The molecule has 5 N–H and O–H groups in total. The van der Waals surface area contributed by atoms with Crippen LogP contribution >= 0.6 is 11.8 Å². The molecule has 11 heteroatoms. The predicted molar refractivity (Wildman–Crippen MR) is 113 cm³/mol. The van der Waals surface area contributed by atoms with Crippen molar-refractivity contribution in [1.29, 1.82) is 0 Å². The molecule has 0 unspecified atom stereocenters. The second-order valence-electron chi connectivity index (χ2n) is 6.28. The van der Waals surface area contributed by atoms with Crippen LogP contribution in [-0.2, 0) is 11.3 Å². The van der Waals surface area contributed by atoms with Crippen molar-refractivity contribution in [2.45, 2.75) is 11.7 Å². The minimum atomic E-state index is -0.697. The van der Waals surface area contributed by atoms with Gasteiger partial charge in [-0.25, -0.2) is 13.8 Å². The maximum Gasteiger partial charge on any atom is 0.277 e. The van der Waals surface area contributed by atoms with E-state index in [2.05, 4.69) is 20.6 Å². The molecule has 31 heavy (non-hydrogen) atoms. The van der Waals surface area contributed by atoms with E-state index in [1.165, 1.54) is 24.3 Å². The lowest BCUT2D eigenvalue weighted by molar-refractivity contribution is -0.118. The van der Waals surface area contributed by atoms with Crippen molar-refractivity contribution in [2.24, 2.45) is 0 Å². The zero-order chi connectivity index (χ0) is 22.4. The van der Waals surface area contributed by atoms with Gasteiger partial charge in [-0.05, 0) is 42.0 Å². The molecule has 0 bridgehead atoms. The molecule has 0 fully saturated rings. The fourth-order valence-electron chi connectivity index (χ4n) is 2.43. The molecule has 1 heterocycles. The van der Waals surface area contributed by atoms with Crippen LogP contribution in [0.25, 0.3) is 0 Å². The lowest BCUT2D eigenvalue weighted by Crippen LogP contribution is -2.25. The van der Waals surface area contributed by atoms with Crippen molar-refractivity contribution in [1.82, 2.24) is 15.3 Å². The van der Waals surface area contributed by atoms with Crippen LogP contribution in [0.1, 0.15) is 15.9 Å². The van der Waals surface area contributed by atoms with Gasteiger partial charge in [-0.1, -0.05) is 23.9 Å². The van der Waals surface area contributed by atoms with Crippen LogP contribution < -0.4 is 21.9 Å². The average Bonchev–Trinajstić information content (AvgIpc) is 2.74. The summed E-state index contributed by atoms with van der Waals surface area (Å²) in [6.07, 6.45) is 0. The summed E-state index contributed by atoms with van der Waals surface area (Å²) in [4.78, 5) is 42.9. The Balaban J connectivity index is 1.57. The van der Waals surface area contributed by atoms with Gasteiger partial charge in [-0.2, -0.15) is 0 Å². The lowest BCUT2D eigenvalue weighted by atomic mass is 10.2. The van der Waals surface area contributed by atoms with Gasteiger partial charge in [0.15, 0.2) is 11.0 Å². The Bertz CT molecular complexity index is 1150. The number of aromatic amines is 1. The van der Waals surface area contributed by atoms with Gasteiger partial charge in [0.2, 0.25) is 5.91 Å². The van der Waals surface area contributed by atoms with Gasteiger partial charge in [0.25, 0.3) is 11.5 Å². The molecule has 3 aromatic rings. The standard InChI is InChI=1S/C20H17F2N5O3S/c21-13-5-1-11(2-6-13)9-24-15(28)10-31-20-26-17(23)16(19(30)27-20)25-18(29)12-3-7-14(22)8-4-12/h1-8H,9-10H2,(H,24,28)(H,25,29)(H3,23,26,27,30). The summed E-state index contributed by atoms with van der Waals surface area (Å²) in [7, 11) is 0. The average molecular weight is 445 g/mol. The number of nitrogens with two attached hydrogens (primary N) is 1. The quantitative estimate of drug-likeness (QED) is 0.326. The first kappa shape index (κ1) is 22.0. The minimum Gasteiger partial charge on any atom is -0.382 e. The molecule has 0 aliphatic carbocycles. The largest absolute Gasteiger partial charge is 0.382 e. The normalized spacial score (nSPS) is 10.5. The zero-order valence-electron chi connectivity index (χ0n) is 15.9. The first-order chi connectivity index (χ1) is 14.8. The van der Waals surface area contributed by atoms with Crippen LogP contribution in [0, 0.1) is 11.6 Å². The molecule has 0 radical (unpaired) electrons. The second-order valence-corrected chi connectivity index (χ2v) is 7.25. The zero-order valence-corrected chi connectivity index (χ0v) is 16.8. The van der Waals surface area contributed by atoms with E-state index < -0.39 is 17.3 Å². The van der Waals surface area contributed by atoms with Crippen LogP contribution in [0.5, 0.6) is 0 Å². The predicted octanol–water partition coefficient (Wildman–Crippen LogP) is 2.29. The Morgan fingerprint density at radius 2 is 1.65 bits per heavy atom. The van der Waals surface area contributed by atoms with Crippen LogP contribution in [0.15, 0.2) is 58.5 Å². The fourth-order valence-corrected chi connectivity index (χ4v) is 3.13. The first-order valence-electron chi connectivity index (χ1n) is 8.92. The van der Waals surface area contributed by atoms with Gasteiger partial charge in [-0.15, -0.1) is 0 Å². The van der Waals surface area contributed by atoms with Gasteiger partial charge in [0, 0.05) is 12.1 Å². The maximum absolute atomic E-state index is 13.0. The summed E-state index contributed by atoms with van der Waals surface area (Å²) >= 11 is 0.947. The Kier molecular flexibility index (Phi) is 6.98. The molecule has 0 aliphatic heterocycles. The molecule has 1 aromatic heterocycles. The number of nitrogens with one attached hydrogen (secondary N) is 3. The van der Waals surface area contributed by atoms with E-state index in [4.69, 9.17) is 5.73 Å². The molecule has 0 saturated heterocycles. The molecule has 0 spiro atoms. The third-order valence-corrected chi connectivity index (χ3v) is 4.89. The monoisotopic (exact) mass is 445 g/mol. The number of halogens is 2. The van der Waals surface area contributed by atoms with Crippen molar-refractivity contribution >= 4 is 35.1 Å². The molecular formula is C20H17F2N5O3S. The number of H-pyrrole nitrogens is 1. The van der Waals surface area contributed by atoms with Gasteiger partial charge >= 0.3 is 0 Å². The number of hydrogen-bond donors (Lipinski definition) is 4. The lowest BCUT2D eigenvalue weighted by Gasteiger charge is -2.09. The molecule has 8 nitrogen and oxygen atoms in total.